The first kappa shape index (κ1) is 15.0. The van der Waals surface area contributed by atoms with E-state index in [0.717, 1.165) is 27.1 Å². The molecule has 0 radical (unpaired) electrons. The number of thiophene rings is 1. The highest BCUT2D eigenvalue weighted by Gasteiger charge is 2.29. The number of amides is 1. The van der Waals surface area contributed by atoms with Gasteiger partial charge in [-0.3, -0.25) is 4.79 Å². The maximum atomic E-state index is 12.6. The molecule has 1 saturated heterocycles. The third kappa shape index (κ3) is 3.13. The average molecular weight is 342 g/mol. The summed E-state index contributed by atoms with van der Waals surface area (Å²) in [5.41, 5.74) is 6.46. The molecule has 0 unspecified atom stereocenters. The third-order valence-electron chi connectivity index (χ3n) is 3.68. The lowest BCUT2D eigenvalue weighted by atomic mass is 9.99. The molecule has 21 heavy (non-hydrogen) atoms. The Labute approximate surface area is 136 Å². The first-order valence-corrected chi connectivity index (χ1v) is 8.90. The van der Waals surface area contributed by atoms with E-state index in [-0.39, 0.29) is 18.0 Å². The predicted molar refractivity (Wildman–Crippen MR) is 88.1 cm³/mol. The van der Waals surface area contributed by atoms with E-state index in [4.69, 9.17) is 17.3 Å². The molecule has 2 aromatic rings. The summed E-state index contributed by atoms with van der Waals surface area (Å²) in [4.78, 5) is 19.9. The molecular weight excluding hydrogens is 326 g/mol. The van der Waals surface area contributed by atoms with Gasteiger partial charge in [-0.25, -0.2) is 4.98 Å². The van der Waals surface area contributed by atoms with Crippen molar-refractivity contribution in [2.24, 2.45) is 5.73 Å². The zero-order chi connectivity index (χ0) is 15.0. The number of carbonyl (C=O) groups excluding carboxylic acids is 1. The Morgan fingerprint density at radius 2 is 2.33 bits per heavy atom. The monoisotopic (exact) mass is 341 g/mol. The van der Waals surface area contributed by atoms with Crippen LogP contribution in [0.3, 0.4) is 0 Å². The van der Waals surface area contributed by atoms with Gasteiger partial charge in [0.05, 0.1) is 9.21 Å². The molecule has 0 aromatic carbocycles. The summed E-state index contributed by atoms with van der Waals surface area (Å²) in [5.74, 6) is -0.000414. The summed E-state index contributed by atoms with van der Waals surface area (Å²) in [6.07, 6.45) is 1.71. The van der Waals surface area contributed by atoms with E-state index in [1.807, 2.05) is 29.3 Å². The molecular formula is C14H16ClN3OS2. The van der Waals surface area contributed by atoms with Gasteiger partial charge >= 0.3 is 0 Å². The van der Waals surface area contributed by atoms with E-state index in [9.17, 15) is 4.79 Å². The van der Waals surface area contributed by atoms with Crippen molar-refractivity contribution in [3.05, 3.63) is 27.5 Å². The second-order valence-corrected chi connectivity index (χ2v) is 7.85. The van der Waals surface area contributed by atoms with Gasteiger partial charge < -0.3 is 10.6 Å². The Hall–Kier alpha value is -0.950. The molecule has 0 bridgehead atoms. The predicted octanol–water partition coefficient (Wildman–Crippen LogP) is 3.48. The number of rotatable bonds is 2. The Kier molecular flexibility index (Phi) is 4.31. The molecule has 2 aromatic heterocycles. The van der Waals surface area contributed by atoms with E-state index < -0.39 is 0 Å². The molecule has 3 rings (SSSR count). The van der Waals surface area contributed by atoms with Crippen molar-refractivity contribution in [2.45, 2.75) is 31.8 Å². The van der Waals surface area contributed by atoms with Gasteiger partial charge in [-0.2, -0.15) is 0 Å². The van der Waals surface area contributed by atoms with Gasteiger partial charge in [0.1, 0.15) is 10.7 Å². The van der Waals surface area contributed by atoms with Crippen molar-refractivity contribution in [3.63, 3.8) is 0 Å². The van der Waals surface area contributed by atoms with Crippen molar-refractivity contribution >= 4 is 40.2 Å². The van der Waals surface area contributed by atoms with Crippen LogP contribution in [0.5, 0.6) is 0 Å². The number of halogens is 1. The SMILES string of the molecule is C[C@H]1C[C@H](N)CCN1C(=O)c1csc(-c2ccc(Cl)s2)n1. The first-order chi connectivity index (χ1) is 10.0. The normalized spacial score (nSPS) is 22.5. The van der Waals surface area contributed by atoms with E-state index in [1.165, 1.54) is 22.7 Å². The van der Waals surface area contributed by atoms with E-state index in [2.05, 4.69) is 4.98 Å². The smallest absolute Gasteiger partial charge is 0.273 e. The van der Waals surface area contributed by atoms with Crippen LogP contribution in [0.1, 0.15) is 30.3 Å². The minimum atomic E-state index is -0.000414. The summed E-state index contributed by atoms with van der Waals surface area (Å²) >= 11 is 8.90. The number of piperidine rings is 1. The van der Waals surface area contributed by atoms with Crippen LogP contribution >= 0.6 is 34.3 Å². The van der Waals surface area contributed by atoms with Gasteiger partial charge in [-0.1, -0.05) is 11.6 Å². The highest BCUT2D eigenvalue weighted by atomic mass is 35.5. The molecule has 112 valence electrons. The van der Waals surface area contributed by atoms with Gasteiger partial charge in [-0.15, -0.1) is 22.7 Å². The summed E-state index contributed by atoms with van der Waals surface area (Å²) in [6.45, 7) is 2.75. The topological polar surface area (TPSA) is 59.2 Å². The number of likely N-dealkylation sites (tertiary alicyclic amines) is 1. The highest BCUT2D eigenvalue weighted by molar-refractivity contribution is 7.23. The fourth-order valence-electron chi connectivity index (χ4n) is 2.57. The van der Waals surface area contributed by atoms with Crippen molar-refractivity contribution in [1.29, 1.82) is 0 Å². The summed E-state index contributed by atoms with van der Waals surface area (Å²) in [7, 11) is 0. The maximum Gasteiger partial charge on any atom is 0.273 e. The van der Waals surface area contributed by atoms with Gasteiger partial charge in [0, 0.05) is 24.0 Å². The minimum Gasteiger partial charge on any atom is -0.334 e. The zero-order valence-corrected chi connectivity index (χ0v) is 14.0. The van der Waals surface area contributed by atoms with E-state index >= 15 is 0 Å². The van der Waals surface area contributed by atoms with Crippen molar-refractivity contribution in [1.82, 2.24) is 9.88 Å². The number of carbonyl (C=O) groups is 1. The Bertz CT molecular complexity index is 654. The minimum absolute atomic E-state index is 0.000414. The molecule has 0 spiro atoms. The average Bonchev–Trinajstić information content (AvgIpc) is 3.06. The van der Waals surface area contributed by atoms with Crippen LogP contribution in [0.4, 0.5) is 0 Å². The van der Waals surface area contributed by atoms with Gasteiger partial charge in [0.2, 0.25) is 0 Å². The van der Waals surface area contributed by atoms with Crippen LogP contribution in [0.25, 0.3) is 9.88 Å². The second-order valence-electron chi connectivity index (χ2n) is 5.27. The molecule has 7 heteroatoms. The number of aromatic nitrogens is 1. The number of hydrogen-bond acceptors (Lipinski definition) is 5. The first-order valence-electron chi connectivity index (χ1n) is 6.82. The van der Waals surface area contributed by atoms with Crippen molar-refractivity contribution < 1.29 is 4.79 Å². The lowest BCUT2D eigenvalue weighted by Gasteiger charge is -2.35. The molecule has 0 aliphatic carbocycles. The fraction of sp³-hybridized carbons (Fsp3) is 0.429. The Morgan fingerprint density at radius 3 is 3.00 bits per heavy atom. The van der Waals surface area contributed by atoms with Gasteiger partial charge in [0.25, 0.3) is 5.91 Å². The number of hydrogen-bond donors (Lipinski definition) is 1. The number of nitrogens with two attached hydrogens (primary N) is 1. The molecule has 1 amide bonds. The maximum absolute atomic E-state index is 12.6. The van der Waals surface area contributed by atoms with E-state index in [1.54, 1.807) is 0 Å². The molecule has 1 fully saturated rings. The zero-order valence-electron chi connectivity index (χ0n) is 11.6. The molecule has 4 nitrogen and oxygen atoms in total. The van der Waals surface area contributed by atoms with Gasteiger partial charge in [-0.05, 0) is 31.9 Å². The van der Waals surface area contributed by atoms with Crippen LogP contribution in [0.15, 0.2) is 17.5 Å². The molecule has 2 N–H and O–H groups in total. The molecule has 2 atom stereocenters. The number of nitrogens with zero attached hydrogens (tertiary/aromatic N) is 2. The molecule has 3 heterocycles. The standard InChI is InChI=1S/C14H16ClN3OS2/c1-8-6-9(16)4-5-18(8)14(19)10-7-20-13(17-10)11-2-3-12(15)21-11/h2-3,7-9H,4-6,16H2,1H3/t8-,9+/m0/s1. The van der Waals surface area contributed by atoms with Crippen LogP contribution in [-0.4, -0.2) is 34.4 Å². The third-order valence-corrected chi connectivity index (χ3v) is 5.93. The highest BCUT2D eigenvalue weighted by Crippen LogP contribution is 2.33. The quantitative estimate of drug-likeness (QED) is 0.909. The van der Waals surface area contributed by atoms with Crippen LogP contribution < -0.4 is 5.73 Å². The van der Waals surface area contributed by atoms with Crippen molar-refractivity contribution in [3.8, 4) is 9.88 Å². The summed E-state index contributed by atoms with van der Waals surface area (Å²) < 4.78 is 0.728. The lowest BCUT2D eigenvalue weighted by molar-refractivity contribution is 0.0614. The Morgan fingerprint density at radius 1 is 1.52 bits per heavy atom. The summed E-state index contributed by atoms with van der Waals surface area (Å²) in [6, 6.07) is 4.15. The fourth-order valence-corrected chi connectivity index (χ4v) is 4.48. The molecule has 0 saturated carbocycles. The molecule has 1 aliphatic heterocycles. The van der Waals surface area contributed by atoms with Crippen LogP contribution in [0.2, 0.25) is 4.34 Å². The summed E-state index contributed by atoms with van der Waals surface area (Å²) in [5, 5.41) is 2.67. The van der Waals surface area contributed by atoms with Crippen LogP contribution in [-0.2, 0) is 0 Å². The second kappa shape index (κ2) is 6.04. The molecule has 1 aliphatic rings. The van der Waals surface area contributed by atoms with Crippen molar-refractivity contribution in [2.75, 3.05) is 6.54 Å². The Balaban J connectivity index is 1.78. The van der Waals surface area contributed by atoms with E-state index in [0.29, 0.717) is 12.2 Å². The van der Waals surface area contributed by atoms with Crippen LogP contribution in [0, 0.1) is 0 Å². The largest absolute Gasteiger partial charge is 0.334 e. The van der Waals surface area contributed by atoms with Gasteiger partial charge in [0.15, 0.2) is 0 Å². The lowest BCUT2D eigenvalue weighted by Crippen LogP contribution is -2.48. The number of thiazole rings is 1.